The third-order valence-corrected chi connectivity index (χ3v) is 4.23. The average Bonchev–Trinajstić information content (AvgIpc) is 2.53. The molecular formula is C16H15BrN2O2. The summed E-state index contributed by atoms with van der Waals surface area (Å²) in [6.07, 6.45) is 0. The third kappa shape index (κ3) is 2.43. The standard InChI is InChI=1S/C16H15BrN2O2/c1-21-13-8-2-10(3-9-13)15-14(18)16(20)19(15)12-6-4-11(17)5-7-12/h2-9,14-15H,18H2,1H3/t14-,15+/m1/s1. The molecule has 2 aromatic carbocycles. The van der Waals surface area contributed by atoms with Crippen LogP contribution in [0.2, 0.25) is 0 Å². The molecule has 3 rings (SSSR count). The number of ether oxygens (including phenoxy) is 1. The lowest BCUT2D eigenvalue weighted by atomic mass is 9.88. The van der Waals surface area contributed by atoms with Crippen LogP contribution in [0.5, 0.6) is 5.75 Å². The minimum Gasteiger partial charge on any atom is -0.497 e. The number of carbonyl (C=O) groups excluding carboxylic acids is 1. The van der Waals surface area contributed by atoms with Gasteiger partial charge in [0.25, 0.3) is 0 Å². The lowest BCUT2D eigenvalue weighted by Crippen LogP contribution is -2.63. The second kappa shape index (κ2) is 5.50. The van der Waals surface area contributed by atoms with Gasteiger partial charge in [-0.3, -0.25) is 4.79 Å². The van der Waals surface area contributed by atoms with Crippen LogP contribution in [0.4, 0.5) is 5.69 Å². The Kier molecular flexibility index (Phi) is 3.69. The summed E-state index contributed by atoms with van der Waals surface area (Å²) in [4.78, 5) is 13.9. The van der Waals surface area contributed by atoms with Crippen LogP contribution in [0.1, 0.15) is 11.6 Å². The van der Waals surface area contributed by atoms with Crippen molar-refractivity contribution < 1.29 is 9.53 Å². The molecule has 0 bridgehead atoms. The van der Waals surface area contributed by atoms with E-state index in [0.717, 1.165) is 21.5 Å². The molecule has 0 radical (unpaired) electrons. The first-order valence-corrected chi connectivity index (χ1v) is 7.39. The summed E-state index contributed by atoms with van der Waals surface area (Å²) in [6, 6.07) is 14.7. The summed E-state index contributed by atoms with van der Waals surface area (Å²) in [5, 5.41) is 0. The van der Waals surface area contributed by atoms with Crippen LogP contribution in [-0.4, -0.2) is 19.1 Å². The monoisotopic (exact) mass is 346 g/mol. The summed E-state index contributed by atoms with van der Waals surface area (Å²) in [5.74, 6) is 0.728. The Labute approximate surface area is 131 Å². The largest absolute Gasteiger partial charge is 0.497 e. The molecule has 1 fully saturated rings. The number of amides is 1. The summed E-state index contributed by atoms with van der Waals surface area (Å²) in [5.41, 5.74) is 7.85. The number of hydrogen-bond acceptors (Lipinski definition) is 3. The number of rotatable bonds is 3. The van der Waals surface area contributed by atoms with Crippen molar-refractivity contribution in [3.8, 4) is 5.75 Å². The Hall–Kier alpha value is -1.85. The van der Waals surface area contributed by atoms with E-state index >= 15 is 0 Å². The summed E-state index contributed by atoms with van der Waals surface area (Å²) >= 11 is 3.40. The zero-order valence-corrected chi connectivity index (χ0v) is 13.1. The fourth-order valence-electron chi connectivity index (χ4n) is 2.56. The van der Waals surface area contributed by atoms with E-state index in [9.17, 15) is 4.79 Å². The van der Waals surface area contributed by atoms with Gasteiger partial charge in [0.1, 0.15) is 11.8 Å². The molecular weight excluding hydrogens is 332 g/mol. The summed E-state index contributed by atoms with van der Waals surface area (Å²) in [7, 11) is 1.63. The third-order valence-electron chi connectivity index (χ3n) is 3.70. The highest BCUT2D eigenvalue weighted by Crippen LogP contribution is 2.38. The van der Waals surface area contributed by atoms with Gasteiger partial charge < -0.3 is 15.4 Å². The zero-order valence-electron chi connectivity index (χ0n) is 11.5. The predicted molar refractivity (Wildman–Crippen MR) is 85.3 cm³/mol. The second-order valence-electron chi connectivity index (χ2n) is 4.93. The van der Waals surface area contributed by atoms with Crippen molar-refractivity contribution in [3.05, 3.63) is 58.6 Å². The number of halogens is 1. The van der Waals surface area contributed by atoms with Gasteiger partial charge in [-0.25, -0.2) is 0 Å². The van der Waals surface area contributed by atoms with Gasteiger partial charge in [0.15, 0.2) is 0 Å². The first-order chi connectivity index (χ1) is 10.1. The number of hydrogen-bond donors (Lipinski definition) is 1. The van der Waals surface area contributed by atoms with Crippen LogP contribution in [0.3, 0.4) is 0 Å². The lowest BCUT2D eigenvalue weighted by molar-refractivity contribution is -0.126. The number of anilines is 1. The molecule has 0 unspecified atom stereocenters. The van der Waals surface area contributed by atoms with Crippen LogP contribution in [-0.2, 0) is 4.79 Å². The van der Waals surface area contributed by atoms with E-state index in [-0.39, 0.29) is 11.9 Å². The van der Waals surface area contributed by atoms with Crippen molar-refractivity contribution in [1.82, 2.24) is 0 Å². The molecule has 5 heteroatoms. The molecule has 0 aromatic heterocycles. The van der Waals surface area contributed by atoms with Crippen molar-refractivity contribution in [2.75, 3.05) is 12.0 Å². The Morgan fingerprint density at radius 1 is 1.10 bits per heavy atom. The fraction of sp³-hybridized carbons (Fsp3) is 0.188. The molecule has 21 heavy (non-hydrogen) atoms. The highest BCUT2D eigenvalue weighted by molar-refractivity contribution is 9.10. The molecule has 2 aromatic rings. The van der Waals surface area contributed by atoms with E-state index in [2.05, 4.69) is 15.9 Å². The Morgan fingerprint density at radius 2 is 1.71 bits per heavy atom. The molecule has 0 saturated carbocycles. The van der Waals surface area contributed by atoms with Crippen LogP contribution >= 0.6 is 15.9 Å². The van der Waals surface area contributed by atoms with Gasteiger partial charge in [-0.15, -0.1) is 0 Å². The van der Waals surface area contributed by atoms with Gasteiger partial charge in [0, 0.05) is 10.2 Å². The number of benzene rings is 2. The molecule has 1 aliphatic heterocycles. The molecule has 1 aliphatic rings. The molecule has 1 saturated heterocycles. The Balaban J connectivity index is 1.92. The van der Waals surface area contributed by atoms with E-state index in [1.807, 2.05) is 48.5 Å². The average molecular weight is 347 g/mol. The van der Waals surface area contributed by atoms with Gasteiger partial charge in [-0.05, 0) is 42.0 Å². The maximum Gasteiger partial charge on any atom is 0.247 e. The maximum absolute atomic E-state index is 12.1. The molecule has 2 atom stereocenters. The number of nitrogens with two attached hydrogens (primary N) is 1. The van der Waals surface area contributed by atoms with E-state index in [1.54, 1.807) is 12.0 Å². The fourth-order valence-corrected chi connectivity index (χ4v) is 2.82. The molecule has 2 N–H and O–H groups in total. The summed E-state index contributed by atoms with van der Waals surface area (Å²) in [6.45, 7) is 0. The van der Waals surface area contributed by atoms with E-state index in [1.165, 1.54) is 0 Å². The quantitative estimate of drug-likeness (QED) is 0.869. The first-order valence-electron chi connectivity index (χ1n) is 6.60. The lowest BCUT2D eigenvalue weighted by Gasteiger charge is -2.45. The minimum atomic E-state index is -0.498. The van der Waals surface area contributed by atoms with Crippen molar-refractivity contribution in [1.29, 1.82) is 0 Å². The molecule has 1 amide bonds. The zero-order chi connectivity index (χ0) is 15.0. The smallest absolute Gasteiger partial charge is 0.247 e. The van der Waals surface area contributed by atoms with Crippen molar-refractivity contribution >= 4 is 27.5 Å². The molecule has 0 spiro atoms. The normalized spacial score (nSPS) is 21.1. The number of nitrogens with zero attached hydrogens (tertiary/aromatic N) is 1. The molecule has 0 aliphatic carbocycles. The Morgan fingerprint density at radius 3 is 2.29 bits per heavy atom. The minimum absolute atomic E-state index is 0.0573. The SMILES string of the molecule is COc1ccc([C@H]2[C@@H](N)C(=O)N2c2ccc(Br)cc2)cc1. The van der Waals surface area contributed by atoms with Gasteiger partial charge in [0.2, 0.25) is 5.91 Å². The summed E-state index contributed by atoms with van der Waals surface area (Å²) < 4.78 is 6.13. The van der Waals surface area contributed by atoms with Crippen LogP contribution in [0.15, 0.2) is 53.0 Å². The molecule has 1 heterocycles. The van der Waals surface area contributed by atoms with Gasteiger partial charge in [0.05, 0.1) is 13.2 Å². The van der Waals surface area contributed by atoms with E-state index in [4.69, 9.17) is 10.5 Å². The predicted octanol–water partition coefficient (Wildman–Crippen LogP) is 2.87. The van der Waals surface area contributed by atoms with E-state index in [0.29, 0.717) is 0 Å². The highest BCUT2D eigenvalue weighted by atomic mass is 79.9. The first kappa shape index (κ1) is 14.1. The van der Waals surface area contributed by atoms with Crippen LogP contribution in [0, 0.1) is 0 Å². The maximum atomic E-state index is 12.1. The van der Waals surface area contributed by atoms with Crippen molar-refractivity contribution in [2.45, 2.75) is 12.1 Å². The second-order valence-corrected chi connectivity index (χ2v) is 5.84. The van der Waals surface area contributed by atoms with Gasteiger partial charge in [-0.2, -0.15) is 0 Å². The number of β-lactam (4-membered cyclic amide) rings is 1. The van der Waals surface area contributed by atoms with Crippen molar-refractivity contribution in [2.24, 2.45) is 5.73 Å². The van der Waals surface area contributed by atoms with Gasteiger partial charge >= 0.3 is 0 Å². The van der Waals surface area contributed by atoms with Crippen LogP contribution < -0.4 is 15.4 Å². The topological polar surface area (TPSA) is 55.6 Å². The van der Waals surface area contributed by atoms with Gasteiger partial charge in [-0.1, -0.05) is 28.1 Å². The number of carbonyl (C=O) groups is 1. The van der Waals surface area contributed by atoms with Crippen LogP contribution in [0.25, 0.3) is 0 Å². The number of methoxy groups -OCH3 is 1. The van der Waals surface area contributed by atoms with Crippen molar-refractivity contribution in [3.63, 3.8) is 0 Å². The highest BCUT2D eigenvalue weighted by Gasteiger charge is 2.46. The van der Waals surface area contributed by atoms with E-state index < -0.39 is 6.04 Å². The molecule has 4 nitrogen and oxygen atoms in total. The molecule has 108 valence electrons. The Bertz CT molecular complexity index is 655.